The number of ether oxygens (including phenoxy) is 1. The van der Waals surface area contributed by atoms with Gasteiger partial charge in [-0.25, -0.2) is 9.78 Å². The van der Waals surface area contributed by atoms with Gasteiger partial charge >= 0.3 is 6.03 Å². The molecule has 38 heavy (non-hydrogen) atoms. The maximum absolute atomic E-state index is 13.2. The van der Waals surface area contributed by atoms with Gasteiger partial charge in [0.2, 0.25) is 0 Å². The van der Waals surface area contributed by atoms with E-state index in [0.29, 0.717) is 24.3 Å². The van der Waals surface area contributed by atoms with Crippen molar-refractivity contribution in [3.8, 4) is 28.0 Å². The molecule has 0 saturated carbocycles. The second-order valence-electron chi connectivity index (χ2n) is 9.71. The number of amides is 3. The van der Waals surface area contributed by atoms with E-state index in [2.05, 4.69) is 26.7 Å². The van der Waals surface area contributed by atoms with Crippen LogP contribution in [0.5, 0.6) is 5.75 Å². The van der Waals surface area contributed by atoms with E-state index in [4.69, 9.17) is 4.74 Å². The third-order valence-corrected chi connectivity index (χ3v) is 6.82. The number of piperazine rings is 1. The number of aromatic nitrogens is 2. The highest BCUT2D eigenvalue weighted by Crippen LogP contribution is 2.36. The Morgan fingerprint density at radius 2 is 1.92 bits per heavy atom. The average Bonchev–Trinajstić information content (AvgIpc) is 3.36. The third-order valence-electron chi connectivity index (χ3n) is 6.82. The van der Waals surface area contributed by atoms with Gasteiger partial charge in [-0.1, -0.05) is 24.3 Å². The molecule has 3 heterocycles. The van der Waals surface area contributed by atoms with E-state index in [0.717, 1.165) is 45.6 Å². The van der Waals surface area contributed by atoms with Crippen LogP contribution in [0.2, 0.25) is 0 Å². The number of hydrogen-bond acceptors (Lipinski definition) is 5. The van der Waals surface area contributed by atoms with E-state index in [1.807, 2.05) is 49.5 Å². The standard InChI is InChI=1S/C29H32N6O3/c1-18-17-35(12-11-30-18)29(37)33-25-10-9-19(13-23(25)28(36)34(2)3)20-14-22-24(16-32-27(22)31-15-20)21-7-5-6-8-26(21)38-4/h5-10,13-16,18,30H,11-12,17H2,1-4H3,(H,31,32)(H,33,37). The van der Waals surface area contributed by atoms with Gasteiger partial charge in [0.1, 0.15) is 11.4 Å². The fourth-order valence-corrected chi connectivity index (χ4v) is 4.81. The molecule has 1 unspecified atom stereocenters. The zero-order valence-corrected chi connectivity index (χ0v) is 22.0. The zero-order valence-electron chi connectivity index (χ0n) is 22.0. The molecular weight excluding hydrogens is 480 g/mol. The van der Waals surface area contributed by atoms with Crippen molar-refractivity contribution < 1.29 is 14.3 Å². The van der Waals surface area contributed by atoms with E-state index in [9.17, 15) is 9.59 Å². The maximum Gasteiger partial charge on any atom is 0.321 e. The first-order valence-corrected chi connectivity index (χ1v) is 12.6. The molecule has 1 saturated heterocycles. The van der Waals surface area contributed by atoms with Gasteiger partial charge in [0, 0.05) is 74.2 Å². The molecule has 0 spiro atoms. The van der Waals surface area contributed by atoms with Crippen molar-refractivity contribution in [2.24, 2.45) is 0 Å². The fraction of sp³-hybridized carbons (Fsp3) is 0.276. The molecule has 2 aromatic heterocycles. The minimum atomic E-state index is -0.212. The molecule has 196 valence electrons. The molecule has 2 aromatic carbocycles. The summed E-state index contributed by atoms with van der Waals surface area (Å²) in [5.41, 5.74) is 5.28. The van der Waals surface area contributed by atoms with Crippen LogP contribution in [-0.2, 0) is 0 Å². The monoisotopic (exact) mass is 512 g/mol. The largest absolute Gasteiger partial charge is 0.496 e. The van der Waals surface area contributed by atoms with Crippen LogP contribution in [0.4, 0.5) is 10.5 Å². The smallest absolute Gasteiger partial charge is 0.321 e. The van der Waals surface area contributed by atoms with E-state index < -0.39 is 0 Å². The van der Waals surface area contributed by atoms with E-state index in [-0.39, 0.29) is 18.0 Å². The molecule has 1 atom stereocenters. The summed E-state index contributed by atoms with van der Waals surface area (Å²) < 4.78 is 5.57. The quantitative estimate of drug-likeness (QED) is 0.367. The van der Waals surface area contributed by atoms with Crippen molar-refractivity contribution in [3.63, 3.8) is 0 Å². The number of urea groups is 1. The van der Waals surface area contributed by atoms with Gasteiger partial charge in [-0.15, -0.1) is 0 Å². The second kappa shape index (κ2) is 10.5. The highest BCUT2D eigenvalue weighted by Gasteiger charge is 2.23. The van der Waals surface area contributed by atoms with Crippen LogP contribution >= 0.6 is 0 Å². The summed E-state index contributed by atoms with van der Waals surface area (Å²) in [7, 11) is 5.06. The summed E-state index contributed by atoms with van der Waals surface area (Å²) in [6, 6.07) is 15.4. The van der Waals surface area contributed by atoms with Crippen molar-refractivity contribution in [2.75, 3.05) is 46.2 Å². The van der Waals surface area contributed by atoms with Crippen LogP contribution in [0.15, 0.2) is 60.9 Å². The molecule has 3 amide bonds. The first kappa shape index (κ1) is 25.3. The van der Waals surface area contributed by atoms with Gasteiger partial charge in [-0.3, -0.25) is 4.79 Å². The first-order chi connectivity index (χ1) is 18.4. The highest BCUT2D eigenvalue weighted by atomic mass is 16.5. The van der Waals surface area contributed by atoms with E-state index in [1.54, 1.807) is 38.4 Å². The number of anilines is 1. The van der Waals surface area contributed by atoms with Crippen LogP contribution in [-0.4, -0.2) is 78.6 Å². The number of nitrogens with zero attached hydrogens (tertiary/aromatic N) is 3. The number of fused-ring (bicyclic) bond motifs is 1. The minimum Gasteiger partial charge on any atom is -0.496 e. The Morgan fingerprint density at radius 1 is 1.11 bits per heavy atom. The molecule has 3 N–H and O–H groups in total. The van der Waals surface area contributed by atoms with Crippen LogP contribution in [0, 0.1) is 0 Å². The van der Waals surface area contributed by atoms with Gasteiger partial charge < -0.3 is 30.2 Å². The Balaban J connectivity index is 1.52. The summed E-state index contributed by atoms with van der Waals surface area (Å²) in [5.74, 6) is 0.581. The first-order valence-electron chi connectivity index (χ1n) is 12.6. The molecule has 9 heteroatoms. The molecule has 1 fully saturated rings. The molecular formula is C29H32N6O3. The Kier molecular flexibility index (Phi) is 7.02. The number of carbonyl (C=O) groups is 2. The van der Waals surface area contributed by atoms with E-state index >= 15 is 0 Å². The van der Waals surface area contributed by atoms with E-state index in [1.165, 1.54) is 4.90 Å². The molecule has 0 radical (unpaired) electrons. The average molecular weight is 513 g/mol. The number of H-pyrrole nitrogens is 1. The fourth-order valence-electron chi connectivity index (χ4n) is 4.81. The lowest BCUT2D eigenvalue weighted by molar-refractivity contribution is 0.0828. The van der Waals surface area contributed by atoms with Gasteiger partial charge in [0.05, 0.1) is 18.4 Å². The Bertz CT molecular complexity index is 1490. The highest BCUT2D eigenvalue weighted by molar-refractivity contribution is 6.05. The normalized spacial score (nSPS) is 15.4. The Labute approximate surface area is 221 Å². The summed E-state index contributed by atoms with van der Waals surface area (Å²) in [6.45, 7) is 4.01. The zero-order chi connectivity index (χ0) is 26.8. The van der Waals surface area contributed by atoms with Gasteiger partial charge in [-0.2, -0.15) is 0 Å². The lowest BCUT2D eigenvalue weighted by atomic mass is 9.99. The molecule has 0 bridgehead atoms. The summed E-state index contributed by atoms with van der Waals surface area (Å²) in [5, 5.41) is 7.24. The predicted octanol–water partition coefficient (Wildman–Crippen LogP) is 4.43. The topological polar surface area (TPSA) is 103 Å². The lowest BCUT2D eigenvalue weighted by Gasteiger charge is -2.32. The van der Waals surface area contributed by atoms with Crippen molar-refractivity contribution in [3.05, 3.63) is 66.5 Å². The molecule has 5 rings (SSSR count). The summed E-state index contributed by atoms with van der Waals surface area (Å²) >= 11 is 0. The number of hydrogen-bond donors (Lipinski definition) is 3. The van der Waals surface area contributed by atoms with Gasteiger partial charge in [-0.05, 0) is 36.8 Å². The van der Waals surface area contributed by atoms with Crippen LogP contribution in [0.25, 0.3) is 33.3 Å². The van der Waals surface area contributed by atoms with Crippen LogP contribution in [0.3, 0.4) is 0 Å². The molecule has 4 aromatic rings. The summed E-state index contributed by atoms with van der Waals surface area (Å²) in [4.78, 5) is 37.3. The molecule has 0 aliphatic carbocycles. The van der Waals surface area contributed by atoms with Crippen molar-refractivity contribution in [1.29, 1.82) is 0 Å². The van der Waals surface area contributed by atoms with Crippen LogP contribution in [0.1, 0.15) is 17.3 Å². The minimum absolute atomic E-state index is 0.193. The number of nitrogens with one attached hydrogen (secondary N) is 3. The Hall–Kier alpha value is -4.37. The van der Waals surface area contributed by atoms with Crippen molar-refractivity contribution in [1.82, 2.24) is 25.1 Å². The number of carbonyl (C=O) groups excluding carboxylic acids is 2. The maximum atomic E-state index is 13.2. The second-order valence-corrected chi connectivity index (χ2v) is 9.71. The lowest BCUT2D eigenvalue weighted by Crippen LogP contribution is -2.52. The molecule has 1 aliphatic rings. The number of aromatic amines is 1. The number of para-hydroxylation sites is 1. The number of methoxy groups -OCH3 is 1. The molecule has 1 aliphatic heterocycles. The third kappa shape index (κ3) is 4.92. The molecule has 9 nitrogen and oxygen atoms in total. The number of benzene rings is 2. The van der Waals surface area contributed by atoms with Crippen LogP contribution < -0.4 is 15.4 Å². The number of pyridine rings is 1. The Morgan fingerprint density at radius 3 is 2.68 bits per heavy atom. The van der Waals surface area contributed by atoms with Gasteiger partial charge in [0.15, 0.2) is 0 Å². The van der Waals surface area contributed by atoms with Crippen molar-refractivity contribution in [2.45, 2.75) is 13.0 Å². The van der Waals surface area contributed by atoms with Crippen molar-refractivity contribution >= 4 is 28.7 Å². The van der Waals surface area contributed by atoms with Gasteiger partial charge in [0.25, 0.3) is 5.91 Å². The summed E-state index contributed by atoms with van der Waals surface area (Å²) in [6.07, 6.45) is 3.71. The number of rotatable bonds is 5. The predicted molar refractivity (Wildman–Crippen MR) is 150 cm³/mol. The SMILES string of the molecule is COc1ccccc1-c1c[nH]c2ncc(-c3ccc(NC(=O)N4CCNC(C)C4)c(C(=O)N(C)C)c3)cc12.